The summed E-state index contributed by atoms with van der Waals surface area (Å²) in [4.78, 5) is 43.0. The Balaban J connectivity index is 1.80. The topological polar surface area (TPSA) is 88.1 Å². The van der Waals surface area contributed by atoms with Gasteiger partial charge in [0.05, 0.1) is 28.4 Å². The predicted molar refractivity (Wildman–Crippen MR) is 123 cm³/mol. The number of thioether (sulfide) groups is 1. The number of ether oxygens (including phenoxy) is 1. The Morgan fingerprint density at radius 1 is 1.19 bits per heavy atom. The molecule has 3 rings (SSSR count). The quantitative estimate of drug-likeness (QED) is 0.624. The molecule has 1 fully saturated rings. The third kappa shape index (κ3) is 5.58. The molecule has 0 bridgehead atoms. The summed E-state index contributed by atoms with van der Waals surface area (Å²) in [5, 5.41) is 3.23. The monoisotopic (exact) mass is 479 g/mol. The number of carbonyl (C=O) groups excluding carboxylic acids is 3. The third-order valence-corrected chi connectivity index (χ3v) is 6.38. The lowest BCUT2D eigenvalue weighted by atomic mass is 10.2. The number of hydrogen-bond acceptors (Lipinski definition) is 6. The molecule has 2 amide bonds. The van der Waals surface area contributed by atoms with Crippen LogP contribution in [-0.2, 0) is 14.3 Å². The van der Waals surface area contributed by atoms with E-state index in [4.69, 9.17) is 23.2 Å². The summed E-state index contributed by atoms with van der Waals surface area (Å²) in [5.41, 5.74) is 1.43. The van der Waals surface area contributed by atoms with E-state index in [2.05, 4.69) is 15.0 Å². The van der Waals surface area contributed by atoms with Gasteiger partial charge in [-0.25, -0.2) is 9.79 Å². The fourth-order valence-electron chi connectivity index (χ4n) is 2.85. The van der Waals surface area contributed by atoms with Gasteiger partial charge in [0.15, 0.2) is 5.17 Å². The van der Waals surface area contributed by atoms with Crippen molar-refractivity contribution in [1.82, 2.24) is 4.90 Å². The van der Waals surface area contributed by atoms with Gasteiger partial charge in [-0.3, -0.25) is 14.5 Å². The fourth-order valence-corrected chi connectivity index (χ4v) is 4.31. The zero-order valence-corrected chi connectivity index (χ0v) is 19.1. The minimum atomic E-state index is -0.655. The van der Waals surface area contributed by atoms with E-state index >= 15 is 0 Å². The van der Waals surface area contributed by atoms with E-state index in [0.29, 0.717) is 38.7 Å². The molecule has 1 saturated heterocycles. The van der Waals surface area contributed by atoms with Gasteiger partial charge >= 0.3 is 5.97 Å². The predicted octanol–water partition coefficient (Wildman–Crippen LogP) is 4.76. The smallest absolute Gasteiger partial charge is 0.337 e. The molecule has 1 aliphatic rings. The van der Waals surface area contributed by atoms with E-state index in [1.807, 2.05) is 6.92 Å². The van der Waals surface area contributed by atoms with Crippen LogP contribution in [-0.4, -0.2) is 46.8 Å². The fraction of sp³-hybridized carbons (Fsp3) is 0.238. The molecule has 1 atom stereocenters. The molecule has 0 aromatic heterocycles. The minimum Gasteiger partial charge on any atom is -0.465 e. The molecule has 1 N–H and O–H groups in total. The van der Waals surface area contributed by atoms with Crippen molar-refractivity contribution < 1.29 is 19.1 Å². The molecule has 1 aliphatic heterocycles. The molecule has 31 heavy (non-hydrogen) atoms. The Bertz CT molecular complexity index is 1040. The van der Waals surface area contributed by atoms with Gasteiger partial charge in [0, 0.05) is 18.7 Å². The standard InChI is InChI=1S/C21H19Cl2N3O4S/c1-3-26-18(27)11-17(19(28)24-14-8-9-15(22)16(23)10-14)31-21(26)25-13-6-4-12(5-7-13)20(29)30-2/h4-10,17H,3,11H2,1-2H3,(H,24,28). The van der Waals surface area contributed by atoms with E-state index in [-0.39, 0.29) is 18.2 Å². The highest BCUT2D eigenvalue weighted by molar-refractivity contribution is 8.15. The number of hydrogen-bond donors (Lipinski definition) is 1. The number of nitrogens with one attached hydrogen (secondary N) is 1. The number of nitrogens with zero attached hydrogens (tertiary/aromatic N) is 2. The van der Waals surface area contributed by atoms with Gasteiger partial charge in [-0.2, -0.15) is 0 Å². The average Bonchev–Trinajstić information content (AvgIpc) is 2.76. The first-order valence-electron chi connectivity index (χ1n) is 9.32. The van der Waals surface area contributed by atoms with Crippen molar-refractivity contribution in [3.8, 4) is 0 Å². The maximum Gasteiger partial charge on any atom is 0.337 e. The normalized spacial score (nSPS) is 17.5. The first-order valence-corrected chi connectivity index (χ1v) is 11.0. The number of rotatable bonds is 5. The summed E-state index contributed by atoms with van der Waals surface area (Å²) in [6.07, 6.45) is 0.0476. The van der Waals surface area contributed by atoms with Crippen LogP contribution in [0.15, 0.2) is 47.5 Å². The van der Waals surface area contributed by atoms with Crippen molar-refractivity contribution in [3.63, 3.8) is 0 Å². The first kappa shape index (κ1) is 23.1. The van der Waals surface area contributed by atoms with E-state index < -0.39 is 11.2 Å². The maximum atomic E-state index is 12.8. The van der Waals surface area contributed by atoms with Gasteiger partial charge in [0.1, 0.15) is 5.25 Å². The van der Waals surface area contributed by atoms with Gasteiger partial charge in [-0.15, -0.1) is 0 Å². The third-order valence-electron chi connectivity index (χ3n) is 4.45. The summed E-state index contributed by atoms with van der Waals surface area (Å²) in [5.74, 6) is -0.975. The first-order chi connectivity index (χ1) is 14.8. The van der Waals surface area contributed by atoms with Crippen LogP contribution in [0.1, 0.15) is 23.7 Å². The molecule has 1 unspecified atom stereocenters. The average molecular weight is 480 g/mol. The highest BCUT2D eigenvalue weighted by Gasteiger charge is 2.35. The molecule has 0 spiro atoms. The zero-order valence-electron chi connectivity index (χ0n) is 16.7. The highest BCUT2D eigenvalue weighted by Crippen LogP contribution is 2.31. The molecule has 10 heteroatoms. The second-order valence-corrected chi connectivity index (χ2v) is 8.48. The lowest BCUT2D eigenvalue weighted by Crippen LogP contribution is -2.45. The van der Waals surface area contributed by atoms with Crippen molar-refractivity contribution in [2.45, 2.75) is 18.6 Å². The summed E-state index contributed by atoms with van der Waals surface area (Å²) < 4.78 is 4.69. The molecule has 0 aliphatic carbocycles. The number of amidine groups is 1. The maximum absolute atomic E-state index is 12.8. The van der Waals surface area contributed by atoms with Gasteiger partial charge in [-0.05, 0) is 49.4 Å². The Hall–Kier alpha value is -2.55. The molecular weight excluding hydrogens is 461 g/mol. The van der Waals surface area contributed by atoms with Crippen molar-refractivity contribution in [1.29, 1.82) is 0 Å². The van der Waals surface area contributed by atoms with Crippen LogP contribution >= 0.6 is 35.0 Å². The Morgan fingerprint density at radius 3 is 2.52 bits per heavy atom. The number of esters is 1. The molecule has 2 aromatic rings. The van der Waals surface area contributed by atoms with Crippen LogP contribution in [0.5, 0.6) is 0 Å². The second kappa shape index (κ2) is 10.2. The summed E-state index contributed by atoms with van der Waals surface area (Å²) in [6.45, 7) is 2.26. The number of benzene rings is 2. The SMILES string of the molecule is CCN1C(=O)CC(C(=O)Nc2ccc(Cl)c(Cl)c2)SC1=Nc1ccc(C(=O)OC)cc1. The lowest BCUT2D eigenvalue weighted by Gasteiger charge is -2.30. The Kier molecular flexibility index (Phi) is 7.59. The molecule has 0 saturated carbocycles. The molecule has 7 nitrogen and oxygen atoms in total. The summed E-state index contributed by atoms with van der Waals surface area (Å²) in [7, 11) is 1.31. The highest BCUT2D eigenvalue weighted by atomic mass is 35.5. The molecule has 162 valence electrons. The van der Waals surface area contributed by atoms with Crippen LogP contribution in [0, 0.1) is 0 Å². The minimum absolute atomic E-state index is 0.0476. The Morgan fingerprint density at radius 2 is 1.90 bits per heavy atom. The van der Waals surface area contributed by atoms with Gasteiger partial charge in [0.2, 0.25) is 11.8 Å². The van der Waals surface area contributed by atoms with Crippen molar-refractivity contribution >= 4 is 69.3 Å². The lowest BCUT2D eigenvalue weighted by molar-refractivity contribution is -0.129. The van der Waals surface area contributed by atoms with Gasteiger partial charge in [0.25, 0.3) is 0 Å². The van der Waals surface area contributed by atoms with Gasteiger partial charge in [-0.1, -0.05) is 35.0 Å². The molecule has 2 aromatic carbocycles. The Labute approximate surface area is 193 Å². The number of amides is 2. The van der Waals surface area contributed by atoms with Crippen molar-refractivity contribution in [3.05, 3.63) is 58.1 Å². The van der Waals surface area contributed by atoms with Crippen LogP contribution in [0.25, 0.3) is 0 Å². The van der Waals surface area contributed by atoms with Crippen LogP contribution < -0.4 is 5.32 Å². The van der Waals surface area contributed by atoms with E-state index in [0.717, 1.165) is 0 Å². The largest absolute Gasteiger partial charge is 0.465 e. The van der Waals surface area contributed by atoms with E-state index in [1.165, 1.54) is 23.8 Å². The van der Waals surface area contributed by atoms with Crippen molar-refractivity contribution in [2.75, 3.05) is 19.0 Å². The zero-order chi connectivity index (χ0) is 22.5. The number of halogens is 2. The van der Waals surface area contributed by atoms with Gasteiger partial charge < -0.3 is 10.1 Å². The van der Waals surface area contributed by atoms with E-state index in [1.54, 1.807) is 42.5 Å². The number of carbonyl (C=O) groups is 3. The summed E-state index contributed by atoms with van der Waals surface area (Å²) in [6, 6.07) is 11.2. The summed E-state index contributed by atoms with van der Waals surface area (Å²) >= 11 is 13.1. The van der Waals surface area contributed by atoms with Crippen LogP contribution in [0.3, 0.4) is 0 Å². The number of methoxy groups -OCH3 is 1. The van der Waals surface area contributed by atoms with Crippen LogP contribution in [0.4, 0.5) is 11.4 Å². The van der Waals surface area contributed by atoms with Crippen LogP contribution in [0.2, 0.25) is 10.0 Å². The molecular formula is C21H19Cl2N3O4S. The second-order valence-electron chi connectivity index (χ2n) is 6.50. The number of anilines is 1. The molecule has 0 radical (unpaired) electrons. The number of aliphatic imine (C=N–C) groups is 1. The van der Waals surface area contributed by atoms with E-state index in [9.17, 15) is 14.4 Å². The van der Waals surface area contributed by atoms with Crippen molar-refractivity contribution in [2.24, 2.45) is 4.99 Å². The molecule has 1 heterocycles.